The smallest absolute Gasteiger partial charge is 0.159 e. The Balaban J connectivity index is 0.974. The van der Waals surface area contributed by atoms with Crippen LogP contribution in [-0.4, -0.2) is 16.7 Å². The lowest BCUT2D eigenvalue weighted by atomic mass is 9.83. The van der Waals surface area contributed by atoms with E-state index in [2.05, 4.69) is 272 Å². The molecule has 0 saturated carbocycles. The molecular weight excluding hydrogens is 873 g/mol. The molecule has 4 heteroatoms. The molecule has 10 aromatic carbocycles. The van der Waals surface area contributed by atoms with E-state index in [-0.39, 0.29) is 0 Å². The second-order valence-corrected chi connectivity index (χ2v) is 18.0. The molecule has 1 N–H and O–H groups in total. The first-order chi connectivity index (χ1) is 35.7. The highest BCUT2D eigenvalue weighted by molar-refractivity contribution is 6.13. The van der Waals surface area contributed by atoms with Crippen LogP contribution in [0, 0.1) is 0 Å². The Kier molecular flexibility index (Phi) is 12.1. The summed E-state index contributed by atoms with van der Waals surface area (Å²) >= 11 is 0. The van der Waals surface area contributed by atoms with Gasteiger partial charge in [-0.1, -0.05) is 261 Å². The number of nitrogens with zero attached hydrogens (tertiary/aromatic N) is 3. The van der Waals surface area contributed by atoms with Gasteiger partial charge in [-0.15, -0.1) is 0 Å². The highest BCUT2D eigenvalue weighted by Gasteiger charge is 2.26. The highest BCUT2D eigenvalue weighted by atomic mass is 15.2. The van der Waals surface area contributed by atoms with Crippen LogP contribution in [0.25, 0.3) is 89.3 Å². The largest absolute Gasteiger partial charge is 0.344 e. The number of hydrogen-bond acceptors (Lipinski definition) is 4. The summed E-state index contributed by atoms with van der Waals surface area (Å²) in [5.74, 6) is 1.45. The number of aliphatic imine (C=N–C) groups is 2. The summed E-state index contributed by atoms with van der Waals surface area (Å²) in [6, 6.07) is 98.5. The van der Waals surface area contributed by atoms with Crippen LogP contribution in [-0.2, 0) is 0 Å². The van der Waals surface area contributed by atoms with E-state index < -0.39 is 6.17 Å². The van der Waals surface area contributed by atoms with Crippen molar-refractivity contribution in [2.24, 2.45) is 9.98 Å². The molecule has 11 aromatic rings. The van der Waals surface area contributed by atoms with E-state index in [0.717, 1.165) is 112 Å². The van der Waals surface area contributed by atoms with Crippen molar-refractivity contribution in [2.45, 2.75) is 6.17 Å². The molecule has 0 amide bonds. The number of benzene rings is 10. The molecule has 1 aliphatic heterocycles. The summed E-state index contributed by atoms with van der Waals surface area (Å²) in [7, 11) is 0. The molecule has 2 heterocycles. The van der Waals surface area contributed by atoms with Crippen molar-refractivity contribution in [3.63, 3.8) is 0 Å². The summed E-state index contributed by atoms with van der Waals surface area (Å²) in [5.41, 5.74) is 20.3. The maximum Gasteiger partial charge on any atom is 0.159 e. The molecule has 0 bridgehead atoms. The first-order valence-electron chi connectivity index (χ1n) is 24.5. The summed E-state index contributed by atoms with van der Waals surface area (Å²) in [5, 5.41) is 3.76. The van der Waals surface area contributed by atoms with Gasteiger partial charge in [-0.25, -0.2) is 15.0 Å². The normalized spacial score (nSPS) is 13.1. The predicted octanol–water partition coefficient (Wildman–Crippen LogP) is 16.9. The van der Waals surface area contributed by atoms with Gasteiger partial charge < -0.3 is 5.32 Å². The van der Waals surface area contributed by atoms with Gasteiger partial charge >= 0.3 is 0 Å². The second-order valence-electron chi connectivity index (χ2n) is 18.0. The second kappa shape index (κ2) is 19.8. The average Bonchev–Trinajstić information content (AvgIpc) is 3.48. The van der Waals surface area contributed by atoms with Gasteiger partial charge in [-0.2, -0.15) is 0 Å². The fraction of sp³-hybridized carbons (Fsp3) is 0.0147. The number of amidine groups is 2. The lowest BCUT2D eigenvalue weighted by molar-refractivity contribution is 0.674. The Bertz CT molecular complexity index is 3620. The fourth-order valence-electron chi connectivity index (χ4n) is 9.81. The zero-order chi connectivity index (χ0) is 48.1. The third-order valence-corrected chi connectivity index (χ3v) is 13.3. The van der Waals surface area contributed by atoms with Gasteiger partial charge in [-0.05, 0) is 73.8 Å². The summed E-state index contributed by atoms with van der Waals surface area (Å²) in [6.45, 7) is 0. The molecule has 340 valence electrons. The summed E-state index contributed by atoms with van der Waals surface area (Å²) in [4.78, 5) is 16.2. The van der Waals surface area contributed by atoms with Gasteiger partial charge in [-0.3, -0.25) is 0 Å². The SMILES string of the molecule is c1ccc(-c2cccc(C3=NC(c4cccc(-c5ccc(-c6c(-c7ccccc7)c(-c7ccccc7)nc(-c7ccccc7)c6-c6ccccc6)cc5)c4)NC(c4cccc(-c5ccccc5)c4)=N3)c2)cc1. The molecule has 1 atom stereocenters. The molecule has 0 aliphatic carbocycles. The highest BCUT2D eigenvalue weighted by Crippen LogP contribution is 2.49. The molecule has 1 aliphatic rings. The Labute approximate surface area is 421 Å². The van der Waals surface area contributed by atoms with Gasteiger partial charge in [0.1, 0.15) is 12.0 Å². The van der Waals surface area contributed by atoms with E-state index >= 15 is 0 Å². The molecule has 1 unspecified atom stereocenters. The topological polar surface area (TPSA) is 49.6 Å². The molecule has 0 spiro atoms. The minimum absolute atomic E-state index is 0.404. The Morgan fingerprint density at radius 3 is 1.11 bits per heavy atom. The van der Waals surface area contributed by atoms with Crippen LogP contribution >= 0.6 is 0 Å². The van der Waals surface area contributed by atoms with Crippen molar-refractivity contribution >= 4 is 11.7 Å². The van der Waals surface area contributed by atoms with E-state index in [1.165, 1.54) is 0 Å². The van der Waals surface area contributed by atoms with E-state index in [4.69, 9.17) is 15.0 Å². The van der Waals surface area contributed by atoms with Gasteiger partial charge in [0.25, 0.3) is 0 Å². The molecule has 12 rings (SSSR count). The van der Waals surface area contributed by atoms with Crippen molar-refractivity contribution in [1.29, 1.82) is 0 Å². The lowest BCUT2D eigenvalue weighted by Gasteiger charge is -2.24. The zero-order valence-corrected chi connectivity index (χ0v) is 39.5. The third-order valence-electron chi connectivity index (χ3n) is 13.3. The van der Waals surface area contributed by atoms with Crippen molar-refractivity contribution < 1.29 is 0 Å². The van der Waals surface area contributed by atoms with Crippen LogP contribution < -0.4 is 5.32 Å². The quantitative estimate of drug-likeness (QED) is 0.141. The average molecular weight is 921 g/mol. The van der Waals surface area contributed by atoms with Crippen LogP contribution in [0.1, 0.15) is 22.9 Å². The van der Waals surface area contributed by atoms with Crippen molar-refractivity contribution in [3.05, 3.63) is 296 Å². The Morgan fingerprint density at radius 2 is 0.611 bits per heavy atom. The first kappa shape index (κ1) is 43.7. The van der Waals surface area contributed by atoms with Crippen molar-refractivity contribution in [1.82, 2.24) is 10.3 Å². The number of pyridine rings is 1. The minimum Gasteiger partial charge on any atom is -0.344 e. The fourth-order valence-corrected chi connectivity index (χ4v) is 9.81. The maximum atomic E-state index is 5.63. The van der Waals surface area contributed by atoms with Crippen LogP contribution in [0.4, 0.5) is 0 Å². The van der Waals surface area contributed by atoms with Crippen LogP contribution in [0.2, 0.25) is 0 Å². The van der Waals surface area contributed by atoms with Gasteiger partial charge in [0.05, 0.1) is 11.4 Å². The van der Waals surface area contributed by atoms with E-state index in [1.54, 1.807) is 0 Å². The number of rotatable bonds is 11. The van der Waals surface area contributed by atoms with Gasteiger partial charge in [0, 0.05) is 38.9 Å². The Hall–Kier alpha value is -9.51. The number of nitrogens with one attached hydrogen (secondary N) is 1. The van der Waals surface area contributed by atoms with Crippen molar-refractivity contribution in [2.75, 3.05) is 0 Å². The predicted molar refractivity (Wildman–Crippen MR) is 300 cm³/mol. The van der Waals surface area contributed by atoms with Crippen molar-refractivity contribution in [3.8, 4) is 89.3 Å². The molecule has 0 saturated heterocycles. The van der Waals surface area contributed by atoms with Crippen LogP contribution in [0.15, 0.2) is 289 Å². The number of aromatic nitrogens is 1. The molecule has 0 radical (unpaired) electrons. The van der Waals surface area contributed by atoms with Gasteiger partial charge in [0.2, 0.25) is 0 Å². The van der Waals surface area contributed by atoms with Crippen LogP contribution in [0.3, 0.4) is 0 Å². The monoisotopic (exact) mass is 920 g/mol. The molecule has 1 aromatic heterocycles. The van der Waals surface area contributed by atoms with E-state index in [9.17, 15) is 0 Å². The molecule has 4 nitrogen and oxygen atoms in total. The maximum absolute atomic E-state index is 5.63. The lowest BCUT2D eigenvalue weighted by Crippen LogP contribution is -2.33. The Morgan fingerprint density at radius 1 is 0.264 bits per heavy atom. The first-order valence-corrected chi connectivity index (χ1v) is 24.5. The summed E-state index contributed by atoms with van der Waals surface area (Å²) < 4.78 is 0. The number of hydrogen-bond donors (Lipinski definition) is 1. The standard InChI is InChI=1S/C68H48N4/c1-7-22-47(23-8-1)55-34-19-37-58(44-55)66-70-67(59-38-20-35-56(45-59)48-24-9-2-10-25-48)72-68(71-66)60-39-21-36-57(46-60)49-40-42-52(43-41-49)61-62(50-26-11-3-12-27-50)64(53-30-15-5-16-31-53)69-65(54-32-17-6-18-33-54)63(61)51-28-13-4-14-29-51/h1-46,68H,(H,70,71,72). The van der Waals surface area contributed by atoms with Crippen LogP contribution in [0.5, 0.6) is 0 Å². The van der Waals surface area contributed by atoms with E-state index in [1.807, 2.05) is 12.1 Å². The summed E-state index contributed by atoms with van der Waals surface area (Å²) in [6.07, 6.45) is -0.404. The minimum atomic E-state index is -0.404. The van der Waals surface area contributed by atoms with Gasteiger partial charge in [0.15, 0.2) is 5.84 Å². The third kappa shape index (κ3) is 8.97. The molecule has 0 fully saturated rings. The molecule has 72 heavy (non-hydrogen) atoms. The molecular formula is C68H48N4. The van der Waals surface area contributed by atoms with E-state index in [0.29, 0.717) is 5.84 Å². The zero-order valence-electron chi connectivity index (χ0n) is 39.5.